The van der Waals surface area contributed by atoms with Crippen LogP contribution in [0.2, 0.25) is 0 Å². The van der Waals surface area contributed by atoms with E-state index in [0.29, 0.717) is 6.54 Å². The zero-order valence-electron chi connectivity index (χ0n) is 10.2. The Labute approximate surface area is 101 Å². The Morgan fingerprint density at radius 3 is 2.41 bits per heavy atom. The Kier molecular flexibility index (Phi) is 6.97. The molecule has 0 aromatic rings. The van der Waals surface area contributed by atoms with E-state index in [1.165, 1.54) is 4.90 Å². The Bertz CT molecular complexity index is 279. The summed E-state index contributed by atoms with van der Waals surface area (Å²) in [4.78, 5) is 24.1. The van der Waals surface area contributed by atoms with Gasteiger partial charge in [0, 0.05) is 25.6 Å². The molecule has 0 aromatic heterocycles. The van der Waals surface area contributed by atoms with Crippen LogP contribution in [0, 0.1) is 0 Å². The highest BCUT2D eigenvalue weighted by Gasteiger charge is 2.23. The summed E-state index contributed by atoms with van der Waals surface area (Å²) in [6.07, 6.45) is 1.56. The van der Waals surface area contributed by atoms with Gasteiger partial charge in [0.15, 0.2) is 0 Å². The summed E-state index contributed by atoms with van der Waals surface area (Å²) in [6.45, 7) is 7.24. The minimum atomic E-state index is -1.16. The molecular weight excluding hydrogens is 224 g/mol. The number of carbonyl (C=O) groups excluding carboxylic acids is 1. The van der Waals surface area contributed by atoms with Crippen molar-refractivity contribution in [2.24, 2.45) is 0 Å². The lowest BCUT2D eigenvalue weighted by atomic mass is 10.2. The fraction of sp³-hybridized carbons (Fsp3) is 0.636. The number of nitrogens with one attached hydrogen (secondary N) is 1. The van der Waals surface area contributed by atoms with Gasteiger partial charge in [0.25, 0.3) is 0 Å². The zero-order chi connectivity index (χ0) is 13.4. The average molecular weight is 244 g/mol. The third kappa shape index (κ3) is 5.35. The zero-order valence-corrected chi connectivity index (χ0v) is 10.2. The molecule has 3 N–H and O–H groups in total. The normalized spacial score (nSPS) is 12.0. The molecular formula is C11H20N2O4. The van der Waals surface area contributed by atoms with Crippen molar-refractivity contribution < 1.29 is 19.8 Å². The number of aliphatic carboxylic acids is 1. The minimum absolute atomic E-state index is 0.0128. The number of urea groups is 1. The van der Waals surface area contributed by atoms with Crippen molar-refractivity contribution in [3.05, 3.63) is 12.7 Å². The average Bonchev–Trinajstić information content (AvgIpc) is 2.24. The number of aliphatic hydroxyl groups is 1. The topological polar surface area (TPSA) is 89.9 Å². The number of rotatable bonds is 7. The number of hydrogen-bond acceptors (Lipinski definition) is 3. The predicted molar refractivity (Wildman–Crippen MR) is 63.7 cm³/mol. The second-order valence-electron chi connectivity index (χ2n) is 3.89. The third-order valence-corrected chi connectivity index (χ3v) is 2.22. The van der Waals surface area contributed by atoms with E-state index < -0.39 is 18.0 Å². The molecule has 0 spiro atoms. The highest BCUT2D eigenvalue weighted by Crippen LogP contribution is 2.01. The molecule has 0 radical (unpaired) electrons. The SMILES string of the molecule is C=CCN(C(=O)NC(CCO)C(=O)O)C(C)C. The molecule has 2 amide bonds. The van der Waals surface area contributed by atoms with Gasteiger partial charge in [-0.05, 0) is 13.8 Å². The molecule has 1 atom stereocenters. The molecule has 98 valence electrons. The molecule has 0 aliphatic rings. The molecule has 0 saturated heterocycles. The Morgan fingerprint density at radius 2 is 2.06 bits per heavy atom. The Hall–Kier alpha value is -1.56. The molecule has 0 heterocycles. The smallest absolute Gasteiger partial charge is 0.326 e. The van der Waals surface area contributed by atoms with E-state index in [-0.39, 0.29) is 19.1 Å². The maximum absolute atomic E-state index is 11.8. The van der Waals surface area contributed by atoms with Gasteiger partial charge in [0.1, 0.15) is 6.04 Å². The van der Waals surface area contributed by atoms with Crippen molar-refractivity contribution >= 4 is 12.0 Å². The van der Waals surface area contributed by atoms with Gasteiger partial charge in [0.05, 0.1) is 0 Å². The van der Waals surface area contributed by atoms with Gasteiger partial charge in [-0.2, -0.15) is 0 Å². The lowest BCUT2D eigenvalue weighted by Crippen LogP contribution is -2.50. The van der Waals surface area contributed by atoms with Gasteiger partial charge in [-0.15, -0.1) is 6.58 Å². The van der Waals surface area contributed by atoms with Crippen molar-refractivity contribution in [2.75, 3.05) is 13.2 Å². The van der Waals surface area contributed by atoms with Gasteiger partial charge in [-0.1, -0.05) is 6.08 Å². The second kappa shape index (κ2) is 7.67. The predicted octanol–water partition coefficient (Wildman–Crippen LogP) is 0.428. The van der Waals surface area contributed by atoms with Gasteiger partial charge < -0.3 is 20.4 Å². The molecule has 1 unspecified atom stereocenters. The van der Waals surface area contributed by atoms with E-state index in [2.05, 4.69) is 11.9 Å². The summed E-state index contributed by atoms with van der Waals surface area (Å²) >= 11 is 0. The first-order valence-corrected chi connectivity index (χ1v) is 5.45. The maximum Gasteiger partial charge on any atom is 0.326 e. The van der Waals surface area contributed by atoms with Crippen molar-refractivity contribution in [1.29, 1.82) is 0 Å². The standard InChI is InChI=1S/C11H20N2O4/c1-4-6-13(8(2)3)11(17)12-9(5-7-14)10(15)16/h4,8-9,14H,1,5-7H2,2-3H3,(H,12,17)(H,15,16). The number of amides is 2. The highest BCUT2D eigenvalue weighted by atomic mass is 16.4. The van der Waals surface area contributed by atoms with Crippen LogP contribution in [-0.4, -0.2) is 52.3 Å². The highest BCUT2D eigenvalue weighted by molar-refractivity contribution is 5.82. The van der Waals surface area contributed by atoms with E-state index in [0.717, 1.165) is 0 Å². The van der Waals surface area contributed by atoms with Crippen molar-refractivity contribution in [2.45, 2.75) is 32.4 Å². The second-order valence-corrected chi connectivity index (χ2v) is 3.89. The number of carboxylic acid groups (broad SMARTS) is 1. The lowest BCUT2D eigenvalue weighted by molar-refractivity contribution is -0.139. The van der Waals surface area contributed by atoms with Crippen LogP contribution in [0.5, 0.6) is 0 Å². The van der Waals surface area contributed by atoms with Crippen LogP contribution in [0.25, 0.3) is 0 Å². The number of carboxylic acids is 1. The first-order chi connectivity index (χ1) is 7.93. The molecule has 17 heavy (non-hydrogen) atoms. The van der Waals surface area contributed by atoms with Crippen molar-refractivity contribution in [1.82, 2.24) is 10.2 Å². The summed E-state index contributed by atoms with van der Waals surface area (Å²) in [7, 11) is 0. The summed E-state index contributed by atoms with van der Waals surface area (Å²) in [5.74, 6) is -1.16. The number of nitrogens with zero attached hydrogens (tertiary/aromatic N) is 1. The van der Waals surface area contributed by atoms with Crippen LogP contribution in [0.4, 0.5) is 4.79 Å². The van der Waals surface area contributed by atoms with E-state index in [1.807, 2.05) is 13.8 Å². The molecule has 0 aromatic carbocycles. The minimum Gasteiger partial charge on any atom is -0.480 e. The molecule has 0 saturated carbocycles. The summed E-state index contributed by atoms with van der Waals surface area (Å²) in [5, 5.41) is 19.9. The lowest BCUT2D eigenvalue weighted by Gasteiger charge is -2.27. The van der Waals surface area contributed by atoms with E-state index >= 15 is 0 Å². The Morgan fingerprint density at radius 1 is 1.47 bits per heavy atom. The van der Waals surface area contributed by atoms with E-state index in [1.54, 1.807) is 6.08 Å². The quantitative estimate of drug-likeness (QED) is 0.566. The first-order valence-electron chi connectivity index (χ1n) is 5.45. The summed E-state index contributed by atoms with van der Waals surface area (Å²) in [6, 6.07) is -1.60. The largest absolute Gasteiger partial charge is 0.480 e. The van der Waals surface area contributed by atoms with Gasteiger partial charge in [-0.3, -0.25) is 0 Å². The molecule has 0 fully saturated rings. The monoisotopic (exact) mass is 244 g/mol. The first kappa shape index (κ1) is 15.4. The van der Waals surface area contributed by atoms with E-state index in [4.69, 9.17) is 10.2 Å². The van der Waals surface area contributed by atoms with Gasteiger partial charge in [0.2, 0.25) is 0 Å². The molecule has 0 bridgehead atoms. The number of carbonyl (C=O) groups is 2. The molecule has 0 rings (SSSR count). The maximum atomic E-state index is 11.8. The molecule has 0 aliphatic heterocycles. The van der Waals surface area contributed by atoms with Crippen molar-refractivity contribution in [3.63, 3.8) is 0 Å². The van der Waals surface area contributed by atoms with Crippen LogP contribution in [0.15, 0.2) is 12.7 Å². The van der Waals surface area contributed by atoms with Gasteiger partial charge >= 0.3 is 12.0 Å². The van der Waals surface area contributed by atoms with Crippen LogP contribution in [-0.2, 0) is 4.79 Å². The van der Waals surface area contributed by atoms with E-state index in [9.17, 15) is 9.59 Å². The van der Waals surface area contributed by atoms with Gasteiger partial charge in [-0.25, -0.2) is 9.59 Å². The van der Waals surface area contributed by atoms with Crippen LogP contribution >= 0.6 is 0 Å². The van der Waals surface area contributed by atoms with Crippen LogP contribution < -0.4 is 5.32 Å². The number of hydrogen-bond donors (Lipinski definition) is 3. The molecule has 6 nitrogen and oxygen atoms in total. The number of aliphatic hydroxyl groups excluding tert-OH is 1. The summed E-state index contributed by atoms with van der Waals surface area (Å²) in [5.41, 5.74) is 0. The fourth-order valence-electron chi connectivity index (χ4n) is 1.29. The Balaban J connectivity index is 4.55. The van der Waals surface area contributed by atoms with Crippen molar-refractivity contribution in [3.8, 4) is 0 Å². The van der Waals surface area contributed by atoms with Crippen LogP contribution in [0.1, 0.15) is 20.3 Å². The molecule has 0 aliphatic carbocycles. The summed E-state index contributed by atoms with van der Waals surface area (Å²) < 4.78 is 0. The molecule has 6 heteroatoms. The van der Waals surface area contributed by atoms with Crippen LogP contribution in [0.3, 0.4) is 0 Å². The third-order valence-electron chi connectivity index (χ3n) is 2.22. The fourth-order valence-corrected chi connectivity index (χ4v) is 1.29.